The quantitative estimate of drug-likeness (QED) is 0.836. The molecule has 5 heteroatoms. The van der Waals surface area contributed by atoms with Crippen molar-refractivity contribution in [3.63, 3.8) is 0 Å². The molecule has 5 nitrogen and oxygen atoms in total. The van der Waals surface area contributed by atoms with Gasteiger partial charge in [0.15, 0.2) is 5.82 Å². The van der Waals surface area contributed by atoms with Crippen molar-refractivity contribution in [2.45, 2.75) is 45.3 Å². The number of hydrogen-bond acceptors (Lipinski definition) is 5. The van der Waals surface area contributed by atoms with Crippen molar-refractivity contribution in [3.8, 4) is 0 Å². The number of benzene rings is 1. The number of aliphatic hydroxyl groups is 1. The van der Waals surface area contributed by atoms with Crippen molar-refractivity contribution in [2.24, 2.45) is 23.0 Å². The van der Waals surface area contributed by atoms with Crippen LogP contribution in [0.15, 0.2) is 36.5 Å². The Kier molecular flexibility index (Phi) is 4.67. The molecule has 1 saturated heterocycles. The van der Waals surface area contributed by atoms with Crippen LogP contribution in [0.25, 0.3) is 6.08 Å². The zero-order valence-electron chi connectivity index (χ0n) is 17.1. The summed E-state index contributed by atoms with van der Waals surface area (Å²) in [5, 5.41) is 9.90. The molecule has 2 aliphatic carbocycles. The summed E-state index contributed by atoms with van der Waals surface area (Å²) in [6.45, 7) is 3.98. The van der Waals surface area contributed by atoms with Gasteiger partial charge in [-0.3, -0.25) is 0 Å². The van der Waals surface area contributed by atoms with Gasteiger partial charge in [-0.05, 0) is 60.1 Å². The molecule has 2 heterocycles. The molecule has 3 aliphatic rings. The van der Waals surface area contributed by atoms with Crippen LogP contribution in [0.2, 0.25) is 0 Å². The van der Waals surface area contributed by atoms with Crippen molar-refractivity contribution >= 4 is 11.9 Å². The van der Waals surface area contributed by atoms with E-state index in [0.29, 0.717) is 11.6 Å². The topological polar surface area (TPSA) is 75.3 Å². The third kappa shape index (κ3) is 3.36. The Labute approximate surface area is 172 Å². The molecule has 3 N–H and O–H groups in total. The monoisotopic (exact) mass is 390 g/mol. The summed E-state index contributed by atoms with van der Waals surface area (Å²) >= 11 is 0. The average Bonchev–Trinajstić information content (AvgIpc) is 3.40. The maximum Gasteiger partial charge on any atom is 0.152 e. The molecule has 2 aromatic rings. The maximum absolute atomic E-state index is 9.90. The molecule has 1 aliphatic heterocycles. The SMILES string of the molecule is CC1CC1C=Cc1cnc(N2CCC3(CC2)Cc2ccccc2[C@H]3N)c(CO)n1. The van der Waals surface area contributed by atoms with Crippen molar-refractivity contribution < 1.29 is 5.11 Å². The van der Waals surface area contributed by atoms with E-state index >= 15 is 0 Å². The van der Waals surface area contributed by atoms with E-state index in [9.17, 15) is 5.11 Å². The van der Waals surface area contributed by atoms with Gasteiger partial charge >= 0.3 is 0 Å². The Morgan fingerprint density at radius 2 is 2.03 bits per heavy atom. The first-order valence-corrected chi connectivity index (χ1v) is 10.8. The van der Waals surface area contributed by atoms with Crippen LogP contribution in [0.5, 0.6) is 0 Å². The third-order valence-corrected chi connectivity index (χ3v) is 7.33. The minimum absolute atomic E-state index is 0.0869. The lowest BCUT2D eigenvalue weighted by Gasteiger charge is -2.42. The Morgan fingerprint density at radius 1 is 1.28 bits per heavy atom. The normalized spacial score (nSPS) is 27.6. The first kappa shape index (κ1) is 18.8. The molecule has 29 heavy (non-hydrogen) atoms. The summed E-state index contributed by atoms with van der Waals surface area (Å²) < 4.78 is 0. The largest absolute Gasteiger partial charge is 0.390 e. The predicted molar refractivity (Wildman–Crippen MR) is 115 cm³/mol. The van der Waals surface area contributed by atoms with E-state index in [1.165, 1.54) is 17.5 Å². The molecule has 152 valence electrons. The van der Waals surface area contributed by atoms with Crippen LogP contribution in [-0.2, 0) is 13.0 Å². The fourth-order valence-corrected chi connectivity index (χ4v) is 5.20. The Morgan fingerprint density at radius 3 is 2.72 bits per heavy atom. The zero-order valence-corrected chi connectivity index (χ0v) is 17.1. The Hall–Kier alpha value is -2.24. The number of nitrogens with two attached hydrogens (primary N) is 1. The summed E-state index contributed by atoms with van der Waals surface area (Å²) in [4.78, 5) is 11.6. The molecule has 1 aromatic carbocycles. The third-order valence-electron chi connectivity index (χ3n) is 7.33. The second-order valence-electron chi connectivity index (χ2n) is 9.16. The highest BCUT2D eigenvalue weighted by atomic mass is 16.3. The maximum atomic E-state index is 9.90. The molecule has 1 saturated carbocycles. The van der Waals surface area contributed by atoms with Crippen LogP contribution < -0.4 is 10.6 Å². The van der Waals surface area contributed by atoms with Gasteiger partial charge < -0.3 is 15.7 Å². The molecule has 1 spiro atoms. The average molecular weight is 391 g/mol. The lowest BCUT2D eigenvalue weighted by Crippen LogP contribution is -2.45. The molecule has 5 rings (SSSR count). The number of fused-ring (bicyclic) bond motifs is 1. The highest BCUT2D eigenvalue weighted by Crippen LogP contribution is 2.51. The number of anilines is 1. The lowest BCUT2D eigenvalue weighted by molar-refractivity contribution is 0.186. The van der Waals surface area contributed by atoms with Crippen LogP contribution in [-0.4, -0.2) is 28.2 Å². The Balaban J connectivity index is 1.30. The predicted octanol–water partition coefficient (Wildman–Crippen LogP) is 3.48. The van der Waals surface area contributed by atoms with Gasteiger partial charge in [0.25, 0.3) is 0 Å². The van der Waals surface area contributed by atoms with E-state index < -0.39 is 0 Å². The first-order chi connectivity index (χ1) is 14.1. The minimum Gasteiger partial charge on any atom is -0.390 e. The second-order valence-corrected chi connectivity index (χ2v) is 9.16. The van der Waals surface area contributed by atoms with E-state index in [1.807, 2.05) is 12.3 Å². The summed E-state index contributed by atoms with van der Waals surface area (Å²) in [5.41, 5.74) is 11.1. The van der Waals surface area contributed by atoms with Crippen molar-refractivity contribution in [1.82, 2.24) is 9.97 Å². The lowest BCUT2D eigenvalue weighted by atomic mass is 9.73. The molecule has 3 atom stereocenters. The number of aromatic nitrogens is 2. The number of aliphatic hydroxyl groups excluding tert-OH is 1. The van der Waals surface area contributed by atoms with Gasteiger partial charge in [-0.1, -0.05) is 37.3 Å². The highest BCUT2D eigenvalue weighted by Gasteiger charge is 2.46. The van der Waals surface area contributed by atoms with Crippen LogP contribution >= 0.6 is 0 Å². The minimum atomic E-state index is -0.0869. The van der Waals surface area contributed by atoms with Crippen molar-refractivity contribution in [1.29, 1.82) is 0 Å². The van der Waals surface area contributed by atoms with E-state index in [0.717, 1.165) is 49.8 Å². The van der Waals surface area contributed by atoms with Crippen LogP contribution in [0.3, 0.4) is 0 Å². The molecule has 0 amide bonds. The molecule has 2 unspecified atom stereocenters. The number of hydrogen-bond donors (Lipinski definition) is 2. The number of piperidine rings is 1. The molecular formula is C24H30N4O. The number of nitrogens with zero attached hydrogens (tertiary/aromatic N) is 3. The van der Waals surface area contributed by atoms with E-state index in [1.54, 1.807) is 0 Å². The summed E-state index contributed by atoms with van der Waals surface area (Å²) in [6.07, 6.45) is 10.5. The van der Waals surface area contributed by atoms with Gasteiger partial charge in [0.1, 0.15) is 5.69 Å². The fraction of sp³-hybridized carbons (Fsp3) is 0.500. The van der Waals surface area contributed by atoms with Gasteiger partial charge in [0.2, 0.25) is 0 Å². The summed E-state index contributed by atoms with van der Waals surface area (Å²) in [6, 6.07) is 8.73. The molecule has 0 radical (unpaired) electrons. The highest BCUT2D eigenvalue weighted by molar-refractivity contribution is 5.51. The van der Waals surface area contributed by atoms with Crippen LogP contribution in [0, 0.1) is 17.3 Å². The Bertz CT molecular complexity index is 932. The molecule has 2 fully saturated rings. The second kappa shape index (κ2) is 7.22. The van der Waals surface area contributed by atoms with E-state index in [-0.39, 0.29) is 18.1 Å². The van der Waals surface area contributed by atoms with E-state index in [4.69, 9.17) is 5.73 Å². The van der Waals surface area contributed by atoms with Crippen LogP contribution in [0.1, 0.15) is 54.7 Å². The molecule has 0 bridgehead atoms. The van der Waals surface area contributed by atoms with Gasteiger partial charge in [0.05, 0.1) is 18.5 Å². The first-order valence-electron chi connectivity index (χ1n) is 10.8. The summed E-state index contributed by atoms with van der Waals surface area (Å²) in [7, 11) is 0. The smallest absolute Gasteiger partial charge is 0.152 e. The van der Waals surface area contributed by atoms with E-state index in [2.05, 4.69) is 52.1 Å². The van der Waals surface area contributed by atoms with Gasteiger partial charge in [-0.2, -0.15) is 0 Å². The molecule has 1 aromatic heterocycles. The van der Waals surface area contributed by atoms with Gasteiger partial charge in [-0.25, -0.2) is 9.97 Å². The fourth-order valence-electron chi connectivity index (χ4n) is 5.20. The van der Waals surface area contributed by atoms with Crippen molar-refractivity contribution in [2.75, 3.05) is 18.0 Å². The zero-order chi connectivity index (χ0) is 20.0. The van der Waals surface area contributed by atoms with Gasteiger partial charge in [0, 0.05) is 19.1 Å². The number of rotatable bonds is 4. The molecular weight excluding hydrogens is 360 g/mol. The summed E-state index contributed by atoms with van der Waals surface area (Å²) in [5.74, 6) is 2.28. The van der Waals surface area contributed by atoms with Gasteiger partial charge in [-0.15, -0.1) is 0 Å². The number of allylic oxidation sites excluding steroid dienone is 1. The van der Waals surface area contributed by atoms with Crippen LogP contribution in [0.4, 0.5) is 5.82 Å². The standard InChI is InChI=1S/C24H30N4O/c1-16-12-17(16)6-7-19-14-26-23(21(15-29)27-19)28-10-8-24(9-11-28)13-18-4-2-3-5-20(18)22(24)25/h2-7,14,16-17,22,29H,8-13,15,25H2,1H3/t16?,17?,22-/m1/s1. The van der Waals surface area contributed by atoms with Crippen molar-refractivity contribution in [3.05, 3.63) is 59.1 Å².